The minimum atomic E-state index is 0.561. The summed E-state index contributed by atoms with van der Waals surface area (Å²) in [5.74, 6) is 1.26. The SMILES string of the molecule is COc1ccccc1N=Nc1nccn1C. The lowest BCUT2D eigenvalue weighted by Gasteiger charge is -2.01. The molecule has 0 fully saturated rings. The zero-order chi connectivity index (χ0) is 11.4. The molecule has 0 N–H and O–H groups in total. The molecule has 0 aliphatic heterocycles. The van der Waals surface area contributed by atoms with Gasteiger partial charge in [-0.2, -0.15) is 0 Å². The molecule has 0 saturated carbocycles. The van der Waals surface area contributed by atoms with Crippen molar-refractivity contribution < 1.29 is 4.74 Å². The number of aromatic nitrogens is 2. The fourth-order valence-corrected chi connectivity index (χ4v) is 1.27. The summed E-state index contributed by atoms with van der Waals surface area (Å²) < 4.78 is 6.96. The first-order chi connectivity index (χ1) is 7.81. The third kappa shape index (κ3) is 2.08. The molecule has 0 unspecified atom stereocenters. The zero-order valence-corrected chi connectivity index (χ0v) is 9.16. The first kappa shape index (κ1) is 10.4. The maximum absolute atomic E-state index is 5.16. The molecule has 2 rings (SSSR count). The first-order valence-corrected chi connectivity index (χ1v) is 4.83. The highest BCUT2D eigenvalue weighted by molar-refractivity contribution is 5.50. The molecule has 0 bridgehead atoms. The van der Waals surface area contributed by atoms with Crippen LogP contribution in [0.4, 0.5) is 11.6 Å². The Kier molecular flexibility index (Phi) is 2.95. The zero-order valence-electron chi connectivity index (χ0n) is 9.16. The molecule has 5 nitrogen and oxygen atoms in total. The van der Waals surface area contributed by atoms with Crippen LogP contribution in [-0.2, 0) is 7.05 Å². The van der Waals surface area contributed by atoms with Crippen molar-refractivity contribution in [3.63, 3.8) is 0 Å². The number of para-hydroxylation sites is 1. The maximum Gasteiger partial charge on any atom is 0.249 e. The average molecular weight is 216 g/mol. The van der Waals surface area contributed by atoms with E-state index in [2.05, 4.69) is 15.2 Å². The van der Waals surface area contributed by atoms with Gasteiger partial charge in [0.25, 0.3) is 0 Å². The average Bonchev–Trinajstić information content (AvgIpc) is 2.72. The van der Waals surface area contributed by atoms with Gasteiger partial charge in [0.1, 0.15) is 11.4 Å². The molecule has 16 heavy (non-hydrogen) atoms. The molecule has 2 aromatic rings. The Labute approximate surface area is 93.4 Å². The molecule has 0 amide bonds. The van der Waals surface area contributed by atoms with E-state index in [4.69, 9.17) is 4.74 Å². The number of imidazole rings is 1. The van der Waals surface area contributed by atoms with E-state index in [0.29, 0.717) is 17.4 Å². The van der Waals surface area contributed by atoms with Crippen molar-refractivity contribution in [3.05, 3.63) is 36.7 Å². The van der Waals surface area contributed by atoms with E-state index in [0.717, 1.165) is 0 Å². The molecular formula is C11H12N4O. The second-order valence-corrected chi connectivity index (χ2v) is 3.21. The molecule has 0 atom stereocenters. The number of nitrogens with zero attached hydrogens (tertiary/aromatic N) is 4. The predicted octanol–water partition coefficient (Wildman–Crippen LogP) is 2.84. The smallest absolute Gasteiger partial charge is 0.249 e. The highest BCUT2D eigenvalue weighted by atomic mass is 16.5. The summed E-state index contributed by atoms with van der Waals surface area (Å²) in [6, 6.07) is 7.45. The summed E-state index contributed by atoms with van der Waals surface area (Å²) >= 11 is 0. The van der Waals surface area contributed by atoms with Gasteiger partial charge in [-0.05, 0) is 12.1 Å². The molecule has 0 aliphatic rings. The topological polar surface area (TPSA) is 51.8 Å². The van der Waals surface area contributed by atoms with Gasteiger partial charge >= 0.3 is 0 Å². The highest BCUT2D eigenvalue weighted by Crippen LogP contribution is 2.27. The summed E-state index contributed by atoms with van der Waals surface area (Å²) in [6.45, 7) is 0. The summed E-state index contributed by atoms with van der Waals surface area (Å²) in [5, 5.41) is 8.14. The molecule has 1 aromatic heterocycles. The number of rotatable bonds is 3. The number of benzene rings is 1. The Morgan fingerprint density at radius 2 is 2.06 bits per heavy atom. The van der Waals surface area contributed by atoms with Gasteiger partial charge in [-0.1, -0.05) is 12.1 Å². The highest BCUT2D eigenvalue weighted by Gasteiger charge is 2.00. The standard InChI is InChI=1S/C11H12N4O/c1-15-8-7-12-11(15)14-13-9-5-3-4-6-10(9)16-2/h3-8H,1-2H3. The molecule has 1 heterocycles. The molecule has 0 radical (unpaired) electrons. The van der Waals surface area contributed by atoms with Crippen LogP contribution >= 0.6 is 0 Å². The summed E-state index contributed by atoms with van der Waals surface area (Å²) in [4.78, 5) is 4.05. The first-order valence-electron chi connectivity index (χ1n) is 4.83. The number of ether oxygens (including phenoxy) is 1. The van der Waals surface area contributed by atoms with Crippen molar-refractivity contribution in [1.82, 2.24) is 9.55 Å². The van der Waals surface area contributed by atoms with Crippen LogP contribution in [0.25, 0.3) is 0 Å². The van der Waals surface area contributed by atoms with E-state index in [1.807, 2.05) is 37.5 Å². The van der Waals surface area contributed by atoms with Crippen LogP contribution in [-0.4, -0.2) is 16.7 Å². The van der Waals surface area contributed by atoms with Crippen molar-refractivity contribution in [1.29, 1.82) is 0 Å². The number of hydrogen-bond donors (Lipinski definition) is 0. The normalized spacial score (nSPS) is 10.9. The van der Waals surface area contributed by atoms with Crippen molar-refractivity contribution in [3.8, 4) is 5.75 Å². The van der Waals surface area contributed by atoms with Gasteiger partial charge < -0.3 is 9.30 Å². The molecule has 0 spiro atoms. The Hall–Kier alpha value is -2.17. The molecule has 0 saturated heterocycles. The third-order valence-electron chi connectivity index (χ3n) is 2.13. The van der Waals surface area contributed by atoms with Crippen LogP contribution in [0.3, 0.4) is 0 Å². The second kappa shape index (κ2) is 4.57. The van der Waals surface area contributed by atoms with Crippen LogP contribution < -0.4 is 4.74 Å². The van der Waals surface area contributed by atoms with Crippen LogP contribution in [0.5, 0.6) is 5.75 Å². The minimum Gasteiger partial charge on any atom is -0.494 e. The van der Waals surface area contributed by atoms with E-state index in [9.17, 15) is 0 Å². The van der Waals surface area contributed by atoms with Gasteiger partial charge in [0.2, 0.25) is 5.95 Å². The molecule has 5 heteroatoms. The summed E-state index contributed by atoms with van der Waals surface area (Å²) in [7, 11) is 3.47. The van der Waals surface area contributed by atoms with Gasteiger partial charge in [0.05, 0.1) is 7.11 Å². The van der Waals surface area contributed by atoms with Crippen molar-refractivity contribution in [2.24, 2.45) is 17.3 Å². The number of methoxy groups -OCH3 is 1. The van der Waals surface area contributed by atoms with Crippen molar-refractivity contribution in [2.45, 2.75) is 0 Å². The number of aryl methyl sites for hydroxylation is 1. The minimum absolute atomic E-state index is 0.561. The predicted molar refractivity (Wildman–Crippen MR) is 60.4 cm³/mol. The monoisotopic (exact) mass is 216 g/mol. The van der Waals surface area contributed by atoms with Crippen molar-refractivity contribution in [2.75, 3.05) is 7.11 Å². The van der Waals surface area contributed by atoms with Crippen molar-refractivity contribution >= 4 is 11.6 Å². The summed E-state index contributed by atoms with van der Waals surface area (Å²) in [5.41, 5.74) is 0.688. The lowest BCUT2D eigenvalue weighted by Crippen LogP contribution is -1.83. The Morgan fingerprint density at radius 3 is 2.75 bits per heavy atom. The fourth-order valence-electron chi connectivity index (χ4n) is 1.27. The van der Waals surface area contributed by atoms with Crippen LogP contribution in [0.15, 0.2) is 46.9 Å². The molecule has 1 aromatic carbocycles. The molecule has 0 aliphatic carbocycles. The van der Waals surface area contributed by atoms with E-state index in [1.54, 1.807) is 17.9 Å². The van der Waals surface area contributed by atoms with Gasteiger partial charge in [-0.25, -0.2) is 4.98 Å². The van der Waals surface area contributed by atoms with E-state index >= 15 is 0 Å². The van der Waals surface area contributed by atoms with Gasteiger partial charge in [0.15, 0.2) is 0 Å². The third-order valence-corrected chi connectivity index (χ3v) is 2.13. The van der Waals surface area contributed by atoms with Gasteiger partial charge in [-0.15, -0.1) is 10.2 Å². The maximum atomic E-state index is 5.16. The number of azo groups is 1. The van der Waals surface area contributed by atoms with Gasteiger partial charge in [-0.3, -0.25) is 0 Å². The van der Waals surface area contributed by atoms with Crippen LogP contribution in [0.2, 0.25) is 0 Å². The van der Waals surface area contributed by atoms with E-state index in [1.165, 1.54) is 0 Å². The second-order valence-electron chi connectivity index (χ2n) is 3.21. The quantitative estimate of drug-likeness (QED) is 0.741. The lowest BCUT2D eigenvalue weighted by molar-refractivity contribution is 0.416. The fraction of sp³-hybridized carbons (Fsp3) is 0.182. The molecule has 82 valence electrons. The molecular weight excluding hydrogens is 204 g/mol. The Balaban J connectivity index is 2.27. The van der Waals surface area contributed by atoms with Gasteiger partial charge in [0, 0.05) is 19.4 Å². The Bertz CT molecular complexity index is 504. The largest absolute Gasteiger partial charge is 0.494 e. The van der Waals surface area contributed by atoms with Crippen LogP contribution in [0.1, 0.15) is 0 Å². The van der Waals surface area contributed by atoms with E-state index < -0.39 is 0 Å². The Morgan fingerprint density at radius 1 is 1.25 bits per heavy atom. The summed E-state index contributed by atoms with van der Waals surface area (Å²) in [6.07, 6.45) is 3.49. The lowest BCUT2D eigenvalue weighted by atomic mass is 10.3. The van der Waals surface area contributed by atoms with E-state index in [-0.39, 0.29) is 0 Å². The van der Waals surface area contributed by atoms with Crippen LogP contribution in [0, 0.1) is 0 Å². The number of hydrogen-bond acceptors (Lipinski definition) is 4.